The number of hydrogen-bond acceptors (Lipinski definition) is 3. The summed E-state index contributed by atoms with van der Waals surface area (Å²) < 4.78 is 0. The largest absolute Gasteiger partial charge is 0.481 e. The lowest BCUT2D eigenvalue weighted by molar-refractivity contribution is -0.145. The third-order valence-electron chi connectivity index (χ3n) is 2.21. The molecule has 1 aromatic rings. The van der Waals surface area contributed by atoms with Crippen LogP contribution in [0.25, 0.3) is 0 Å². The Hall–Kier alpha value is -1.36. The van der Waals surface area contributed by atoms with Crippen LogP contribution in [0.4, 0.5) is 5.00 Å². The summed E-state index contributed by atoms with van der Waals surface area (Å²) in [7, 11) is 1.60. The summed E-state index contributed by atoms with van der Waals surface area (Å²) in [5.41, 5.74) is 0.980. The first-order chi connectivity index (χ1) is 6.95. The fraction of sp³-hybridized carbons (Fsp3) is 0.400. The van der Waals surface area contributed by atoms with Gasteiger partial charge in [0.25, 0.3) is 0 Å². The van der Waals surface area contributed by atoms with Crippen molar-refractivity contribution in [1.82, 2.24) is 0 Å². The molecule has 0 aliphatic rings. The molecule has 1 rings (SSSR count). The third kappa shape index (κ3) is 2.36. The average Bonchev–Trinajstić information content (AvgIpc) is 2.60. The first-order valence-electron chi connectivity index (χ1n) is 4.49. The minimum atomic E-state index is -1.10. The zero-order chi connectivity index (χ0) is 11.6. The molecule has 1 amide bonds. The molecule has 0 bridgehead atoms. The summed E-state index contributed by atoms with van der Waals surface area (Å²) in [5.74, 6) is -2.49. The van der Waals surface area contributed by atoms with E-state index in [-0.39, 0.29) is 0 Å². The highest BCUT2D eigenvalue weighted by atomic mass is 32.1. The fourth-order valence-electron chi connectivity index (χ4n) is 1.20. The summed E-state index contributed by atoms with van der Waals surface area (Å²) in [6, 6.07) is 1.90. The van der Waals surface area contributed by atoms with Gasteiger partial charge in [-0.15, -0.1) is 11.3 Å². The van der Waals surface area contributed by atoms with Gasteiger partial charge in [-0.25, -0.2) is 0 Å². The zero-order valence-corrected chi connectivity index (χ0v) is 9.67. The summed E-state index contributed by atoms with van der Waals surface area (Å²) in [5, 5.41) is 11.4. The smallest absolute Gasteiger partial charge is 0.315 e. The van der Waals surface area contributed by atoms with E-state index in [9.17, 15) is 9.59 Å². The predicted octanol–water partition coefficient (Wildman–Crippen LogP) is 1.74. The van der Waals surface area contributed by atoms with Gasteiger partial charge in [0.15, 0.2) is 0 Å². The van der Waals surface area contributed by atoms with E-state index in [1.807, 2.05) is 18.4 Å². The van der Waals surface area contributed by atoms with Crippen LogP contribution in [-0.2, 0) is 9.59 Å². The van der Waals surface area contributed by atoms with Gasteiger partial charge in [0.1, 0.15) is 10.9 Å². The van der Waals surface area contributed by atoms with E-state index < -0.39 is 17.8 Å². The number of thiophene rings is 1. The number of nitrogens with zero attached hydrogens (tertiary/aromatic N) is 1. The summed E-state index contributed by atoms with van der Waals surface area (Å²) in [6.45, 7) is 3.28. The maximum absolute atomic E-state index is 11.7. The summed E-state index contributed by atoms with van der Waals surface area (Å²) in [4.78, 5) is 23.7. The van der Waals surface area contributed by atoms with E-state index in [1.165, 1.54) is 23.2 Å². The SMILES string of the molecule is Cc1ccsc1N(C)C(=O)C(C)C(=O)O. The molecule has 1 heterocycles. The molecule has 0 spiro atoms. The Balaban J connectivity index is 2.86. The second-order valence-corrected chi connectivity index (χ2v) is 4.26. The highest BCUT2D eigenvalue weighted by Crippen LogP contribution is 2.26. The normalized spacial score (nSPS) is 12.2. The number of rotatable bonds is 3. The molecule has 1 atom stereocenters. The highest BCUT2D eigenvalue weighted by molar-refractivity contribution is 7.14. The predicted molar refractivity (Wildman–Crippen MR) is 59.3 cm³/mol. The molecule has 0 aliphatic carbocycles. The maximum atomic E-state index is 11.7. The standard InChI is InChI=1S/C10H13NO3S/c1-6-4-5-15-9(6)11(3)8(12)7(2)10(13)14/h4-5,7H,1-3H3,(H,13,14). The zero-order valence-electron chi connectivity index (χ0n) is 8.85. The van der Waals surface area contributed by atoms with Crippen molar-refractivity contribution in [3.8, 4) is 0 Å². The van der Waals surface area contributed by atoms with E-state index in [2.05, 4.69) is 0 Å². The molecule has 0 saturated heterocycles. The number of carboxylic acid groups (broad SMARTS) is 1. The lowest BCUT2D eigenvalue weighted by atomic mass is 10.1. The Morgan fingerprint density at radius 2 is 2.13 bits per heavy atom. The molecule has 4 nitrogen and oxygen atoms in total. The minimum Gasteiger partial charge on any atom is -0.481 e. The van der Waals surface area contributed by atoms with E-state index >= 15 is 0 Å². The fourth-order valence-corrected chi connectivity index (χ4v) is 2.11. The number of carbonyl (C=O) groups excluding carboxylic acids is 1. The number of carboxylic acids is 1. The topological polar surface area (TPSA) is 57.6 Å². The van der Waals surface area contributed by atoms with E-state index in [0.29, 0.717) is 0 Å². The lowest BCUT2D eigenvalue weighted by Crippen LogP contribution is -2.35. The first kappa shape index (κ1) is 11.7. The number of amides is 1. The Labute approximate surface area is 92.1 Å². The van der Waals surface area contributed by atoms with Gasteiger partial charge in [-0.2, -0.15) is 0 Å². The van der Waals surface area contributed by atoms with Gasteiger partial charge in [0, 0.05) is 7.05 Å². The molecule has 0 fully saturated rings. The Kier molecular flexibility index (Phi) is 3.47. The van der Waals surface area contributed by atoms with Gasteiger partial charge in [0.05, 0.1) is 0 Å². The van der Waals surface area contributed by atoms with Crippen molar-refractivity contribution < 1.29 is 14.7 Å². The van der Waals surface area contributed by atoms with Crippen molar-refractivity contribution in [2.24, 2.45) is 5.92 Å². The summed E-state index contributed by atoms with van der Waals surface area (Å²) in [6.07, 6.45) is 0. The quantitative estimate of drug-likeness (QED) is 0.800. The van der Waals surface area contributed by atoms with Crippen molar-refractivity contribution in [2.75, 3.05) is 11.9 Å². The second-order valence-electron chi connectivity index (χ2n) is 3.37. The minimum absolute atomic E-state index is 0.395. The van der Waals surface area contributed by atoms with E-state index in [0.717, 1.165) is 10.6 Å². The molecule has 5 heteroatoms. The van der Waals surface area contributed by atoms with Gasteiger partial charge < -0.3 is 10.0 Å². The van der Waals surface area contributed by atoms with Gasteiger partial charge in [-0.3, -0.25) is 9.59 Å². The molecule has 1 unspecified atom stereocenters. The van der Waals surface area contributed by atoms with Crippen molar-refractivity contribution in [3.63, 3.8) is 0 Å². The van der Waals surface area contributed by atoms with Crippen LogP contribution >= 0.6 is 11.3 Å². The van der Waals surface area contributed by atoms with E-state index in [4.69, 9.17) is 5.11 Å². The van der Waals surface area contributed by atoms with Crippen molar-refractivity contribution >= 4 is 28.2 Å². The van der Waals surface area contributed by atoms with Crippen LogP contribution < -0.4 is 4.90 Å². The number of aliphatic carboxylic acids is 1. The molecule has 0 aliphatic heterocycles. The van der Waals surface area contributed by atoms with E-state index in [1.54, 1.807) is 7.05 Å². The number of hydrogen-bond donors (Lipinski definition) is 1. The molecule has 0 aromatic carbocycles. The monoisotopic (exact) mass is 227 g/mol. The van der Waals surface area contributed by atoms with Gasteiger partial charge in [-0.05, 0) is 30.9 Å². The Bertz CT molecular complexity index is 386. The van der Waals surface area contributed by atoms with Gasteiger partial charge >= 0.3 is 5.97 Å². The molecule has 0 saturated carbocycles. The third-order valence-corrected chi connectivity index (χ3v) is 3.30. The molecule has 15 heavy (non-hydrogen) atoms. The molecular formula is C10H13NO3S. The van der Waals surface area contributed by atoms with Crippen LogP contribution in [0.1, 0.15) is 12.5 Å². The second kappa shape index (κ2) is 4.44. The molecule has 1 N–H and O–H groups in total. The number of anilines is 1. The van der Waals surface area contributed by atoms with Gasteiger partial charge in [-0.1, -0.05) is 0 Å². The van der Waals surface area contributed by atoms with Crippen molar-refractivity contribution in [2.45, 2.75) is 13.8 Å². The van der Waals surface area contributed by atoms with Crippen LogP contribution in [0.15, 0.2) is 11.4 Å². The highest BCUT2D eigenvalue weighted by Gasteiger charge is 2.25. The van der Waals surface area contributed by atoms with Crippen LogP contribution in [0.2, 0.25) is 0 Å². The van der Waals surface area contributed by atoms with Crippen LogP contribution in [-0.4, -0.2) is 24.0 Å². The Morgan fingerprint density at radius 3 is 2.53 bits per heavy atom. The van der Waals surface area contributed by atoms with Crippen LogP contribution in [0.5, 0.6) is 0 Å². The van der Waals surface area contributed by atoms with Crippen LogP contribution in [0, 0.1) is 12.8 Å². The van der Waals surface area contributed by atoms with Crippen molar-refractivity contribution in [1.29, 1.82) is 0 Å². The van der Waals surface area contributed by atoms with Crippen LogP contribution in [0.3, 0.4) is 0 Å². The molecular weight excluding hydrogens is 214 g/mol. The molecule has 1 aromatic heterocycles. The van der Waals surface area contributed by atoms with Crippen molar-refractivity contribution in [3.05, 3.63) is 17.0 Å². The van der Waals surface area contributed by atoms with Gasteiger partial charge in [0.2, 0.25) is 5.91 Å². The number of aryl methyl sites for hydroxylation is 1. The Morgan fingerprint density at radius 1 is 1.53 bits per heavy atom. The molecule has 0 radical (unpaired) electrons. The number of carbonyl (C=O) groups is 2. The lowest BCUT2D eigenvalue weighted by Gasteiger charge is -2.18. The maximum Gasteiger partial charge on any atom is 0.315 e. The average molecular weight is 227 g/mol. The summed E-state index contributed by atoms with van der Waals surface area (Å²) >= 11 is 1.43. The first-order valence-corrected chi connectivity index (χ1v) is 5.37. The molecule has 82 valence electrons.